The summed E-state index contributed by atoms with van der Waals surface area (Å²) in [5, 5.41) is 19.9. The van der Waals surface area contributed by atoms with Gasteiger partial charge in [0, 0.05) is 24.8 Å². The molecule has 1 atom stereocenters. The molecule has 0 saturated heterocycles. The van der Waals surface area contributed by atoms with Gasteiger partial charge in [-0.2, -0.15) is 15.1 Å². The van der Waals surface area contributed by atoms with Crippen molar-refractivity contribution in [2.75, 3.05) is 17.2 Å². The molecule has 0 fully saturated rings. The van der Waals surface area contributed by atoms with Crippen LogP contribution in [0.25, 0.3) is 11.0 Å². The first-order valence-corrected chi connectivity index (χ1v) is 7.27. The lowest BCUT2D eigenvalue weighted by molar-refractivity contribution is 0.281. The van der Waals surface area contributed by atoms with Gasteiger partial charge in [-0.3, -0.25) is 4.68 Å². The van der Waals surface area contributed by atoms with Crippen LogP contribution in [0.1, 0.15) is 6.92 Å². The van der Waals surface area contributed by atoms with Crippen molar-refractivity contribution in [1.29, 1.82) is 0 Å². The minimum absolute atomic E-state index is 0.0717. The van der Waals surface area contributed by atoms with E-state index in [4.69, 9.17) is 0 Å². The van der Waals surface area contributed by atoms with E-state index in [1.165, 1.54) is 6.07 Å². The van der Waals surface area contributed by atoms with E-state index < -0.39 is 11.6 Å². The Morgan fingerprint density at radius 1 is 1.25 bits per heavy atom. The van der Waals surface area contributed by atoms with Crippen LogP contribution in [0.3, 0.4) is 0 Å². The summed E-state index contributed by atoms with van der Waals surface area (Å²) in [7, 11) is 1.73. The molecular weight excluding hydrogens is 318 g/mol. The Hall–Kier alpha value is -2.81. The van der Waals surface area contributed by atoms with Crippen LogP contribution in [0.5, 0.6) is 0 Å². The molecule has 2 heterocycles. The highest BCUT2D eigenvalue weighted by Crippen LogP contribution is 2.24. The maximum Gasteiger partial charge on any atom is 0.231 e. The van der Waals surface area contributed by atoms with Gasteiger partial charge in [-0.05, 0) is 19.1 Å². The number of fused-ring (bicyclic) bond motifs is 1. The van der Waals surface area contributed by atoms with E-state index in [2.05, 4.69) is 25.7 Å². The van der Waals surface area contributed by atoms with Crippen LogP contribution in [0.15, 0.2) is 24.4 Å². The lowest BCUT2D eigenvalue weighted by atomic mass is 10.3. The summed E-state index contributed by atoms with van der Waals surface area (Å²) in [5.41, 5.74) is 0.874. The van der Waals surface area contributed by atoms with Gasteiger partial charge in [-0.1, -0.05) is 0 Å². The molecule has 2 aromatic heterocycles. The molecule has 0 saturated carbocycles. The van der Waals surface area contributed by atoms with Crippen molar-refractivity contribution in [3.8, 4) is 0 Å². The molecule has 3 aromatic rings. The molecule has 0 aliphatic rings. The van der Waals surface area contributed by atoms with E-state index in [9.17, 15) is 13.9 Å². The molecule has 9 heteroatoms. The lowest BCUT2D eigenvalue weighted by Crippen LogP contribution is -2.20. The summed E-state index contributed by atoms with van der Waals surface area (Å²) in [6.07, 6.45) is 1.61. The van der Waals surface area contributed by atoms with Gasteiger partial charge in [0.2, 0.25) is 5.95 Å². The zero-order valence-electron chi connectivity index (χ0n) is 13.1. The number of aromatic nitrogens is 4. The summed E-state index contributed by atoms with van der Waals surface area (Å²) >= 11 is 0. The van der Waals surface area contributed by atoms with Crippen LogP contribution < -0.4 is 10.6 Å². The number of rotatable bonds is 5. The number of nitrogens with one attached hydrogen (secondary N) is 2. The fraction of sp³-hybridized carbons (Fsp3) is 0.267. The van der Waals surface area contributed by atoms with Crippen LogP contribution in [0, 0.1) is 11.6 Å². The van der Waals surface area contributed by atoms with Crippen molar-refractivity contribution in [2.24, 2.45) is 7.05 Å². The molecule has 0 bridgehead atoms. The minimum atomic E-state index is -0.964. The smallest absolute Gasteiger partial charge is 0.231 e. The molecule has 3 rings (SSSR count). The first-order chi connectivity index (χ1) is 11.5. The highest BCUT2D eigenvalue weighted by Gasteiger charge is 2.14. The fourth-order valence-corrected chi connectivity index (χ4v) is 2.17. The fourth-order valence-electron chi connectivity index (χ4n) is 2.17. The van der Waals surface area contributed by atoms with E-state index in [0.29, 0.717) is 22.5 Å². The molecule has 3 N–H and O–H groups in total. The third-order valence-electron chi connectivity index (χ3n) is 3.42. The highest BCUT2D eigenvalue weighted by atomic mass is 19.2. The van der Waals surface area contributed by atoms with Crippen LogP contribution in [0.2, 0.25) is 0 Å². The van der Waals surface area contributed by atoms with Crippen molar-refractivity contribution in [3.63, 3.8) is 0 Å². The normalized spacial score (nSPS) is 12.4. The lowest BCUT2D eigenvalue weighted by Gasteiger charge is -2.14. The minimum Gasteiger partial charge on any atom is -0.394 e. The molecule has 0 radical (unpaired) electrons. The quantitative estimate of drug-likeness (QED) is 0.663. The van der Waals surface area contributed by atoms with Gasteiger partial charge in [0.15, 0.2) is 17.3 Å². The van der Waals surface area contributed by atoms with Crippen LogP contribution in [0.4, 0.5) is 26.2 Å². The average Bonchev–Trinajstić information content (AvgIpc) is 2.92. The second-order valence-corrected chi connectivity index (χ2v) is 5.38. The topological polar surface area (TPSA) is 87.9 Å². The number of aliphatic hydroxyl groups excluding tert-OH is 1. The number of aliphatic hydroxyl groups is 1. The summed E-state index contributed by atoms with van der Waals surface area (Å²) in [4.78, 5) is 8.67. The van der Waals surface area contributed by atoms with Gasteiger partial charge in [0.05, 0.1) is 18.2 Å². The second kappa shape index (κ2) is 6.36. The molecule has 0 unspecified atom stereocenters. The van der Waals surface area contributed by atoms with Crippen LogP contribution in [-0.2, 0) is 7.05 Å². The Morgan fingerprint density at radius 3 is 2.75 bits per heavy atom. The van der Waals surface area contributed by atoms with Crippen molar-refractivity contribution < 1.29 is 13.9 Å². The molecule has 7 nitrogen and oxygen atoms in total. The van der Waals surface area contributed by atoms with Gasteiger partial charge >= 0.3 is 0 Å². The third kappa shape index (κ3) is 3.11. The number of hydrogen-bond donors (Lipinski definition) is 3. The number of benzene rings is 1. The molecule has 126 valence electrons. The van der Waals surface area contributed by atoms with E-state index in [0.717, 1.165) is 12.1 Å². The van der Waals surface area contributed by atoms with E-state index in [1.54, 1.807) is 24.9 Å². The number of aryl methyl sites for hydroxylation is 1. The first-order valence-electron chi connectivity index (χ1n) is 7.27. The molecule has 24 heavy (non-hydrogen) atoms. The number of hydrogen-bond acceptors (Lipinski definition) is 6. The van der Waals surface area contributed by atoms with Crippen LogP contribution >= 0.6 is 0 Å². The summed E-state index contributed by atoms with van der Waals surface area (Å²) in [5.74, 6) is -1.21. The van der Waals surface area contributed by atoms with E-state index in [1.807, 2.05) is 0 Å². The maximum atomic E-state index is 13.3. The molecular formula is C15H16F2N6O. The largest absolute Gasteiger partial charge is 0.394 e. The monoisotopic (exact) mass is 334 g/mol. The molecule has 0 amide bonds. The van der Waals surface area contributed by atoms with Gasteiger partial charge in [-0.15, -0.1) is 0 Å². The van der Waals surface area contributed by atoms with E-state index in [-0.39, 0.29) is 18.6 Å². The molecule has 1 aromatic carbocycles. The van der Waals surface area contributed by atoms with Gasteiger partial charge in [0.1, 0.15) is 5.82 Å². The highest BCUT2D eigenvalue weighted by molar-refractivity contribution is 5.87. The zero-order valence-corrected chi connectivity index (χ0v) is 13.1. The predicted octanol–water partition coefficient (Wildman–Crippen LogP) is 2.18. The molecule has 0 aliphatic heterocycles. The maximum absolute atomic E-state index is 13.3. The summed E-state index contributed by atoms with van der Waals surface area (Å²) < 4.78 is 27.9. The Balaban J connectivity index is 2.00. The van der Waals surface area contributed by atoms with Crippen molar-refractivity contribution >= 4 is 28.5 Å². The number of nitrogens with zero attached hydrogens (tertiary/aromatic N) is 4. The van der Waals surface area contributed by atoms with E-state index >= 15 is 0 Å². The zero-order chi connectivity index (χ0) is 17.3. The Labute approximate surface area is 136 Å². The molecule has 0 spiro atoms. The standard InChI is InChI=1S/C15H16F2N6O/c1-8(7-24)19-13-10-6-18-23(2)14(10)22-15(21-13)20-9-3-4-11(16)12(17)5-9/h3-6,8,24H,7H2,1-2H3,(H2,19,20,21,22)/t8-/m1/s1. The summed E-state index contributed by atoms with van der Waals surface area (Å²) in [6, 6.07) is 3.21. The van der Waals surface area contributed by atoms with Crippen molar-refractivity contribution in [2.45, 2.75) is 13.0 Å². The Bertz CT molecular complexity index is 882. The summed E-state index contributed by atoms with van der Waals surface area (Å²) in [6.45, 7) is 1.73. The number of anilines is 3. The van der Waals surface area contributed by atoms with Crippen molar-refractivity contribution in [3.05, 3.63) is 36.0 Å². The predicted molar refractivity (Wildman–Crippen MR) is 86.1 cm³/mol. The average molecular weight is 334 g/mol. The van der Waals surface area contributed by atoms with Gasteiger partial charge < -0.3 is 15.7 Å². The Kier molecular flexibility index (Phi) is 4.26. The second-order valence-electron chi connectivity index (χ2n) is 5.38. The van der Waals surface area contributed by atoms with Gasteiger partial charge in [-0.25, -0.2) is 8.78 Å². The molecule has 0 aliphatic carbocycles. The third-order valence-corrected chi connectivity index (χ3v) is 3.42. The number of halogens is 2. The Morgan fingerprint density at radius 2 is 2.04 bits per heavy atom. The van der Waals surface area contributed by atoms with Crippen molar-refractivity contribution in [1.82, 2.24) is 19.7 Å². The van der Waals surface area contributed by atoms with Gasteiger partial charge in [0.25, 0.3) is 0 Å². The SMILES string of the molecule is C[C@H](CO)Nc1nc(Nc2ccc(F)c(F)c2)nc2c1cnn2C. The first kappa shape index (κ1) is 16.1. The van der Waals surface area contributed by atoms with Crippen LogP contribution in [-0.4, -0.2) is 37.5 Å².